The van der Waals surface area contributed by atoms with Crippen LogP contribution >= 0.6 is 0 Å². The Kier molecular flexibility index (Phi) is 6.83. The number of benzene rings is 2. The lowest BCUT2D eigenvalue weighted by Gasteiger charge is -2.32. The molecule has 0 spiro atoms. The second-order valence-corrected chi connectivity index (χ2v) is 8.02. The topological polar surface area (TPSA) is 66.9 Å². The highest BCUT2D eigenvalue weighted by Crippen LogP contribution is 2.32. The van der Waals surface area contributed by atoms with Crippen molar-refractivity contribution in [1.29, 1.82) is 0 Å². The van der Waals surface area contributed by atoms with Gasteiger partial charge in [0.25, 0.3) is 0 Å². The van der Waals surface area contributed by atoms with Gasteiger partial charge in [-0.25, -0.2) is 0 Å². The molecule has 0 atom stereocenters. The van der Waals surface area contributed by atoms with E-state index in [4.69, 9.17) is 4.74 Å². The number of allylic oxidation sites excluding steroid dienone is 3. The highest BCUT2D eigenvalue weighted by Gasteiger charge is 2.19. The second kappa shape index (κ2) is 10.1. The third kappa shape index (κ3) is 4.95. The molecule has 0 fully saturated rings. The first-order valence-electron chi connectivity index (χ1n) is 11.1. The van der Waals surface area contributed by atoms with Gasteiger partial charge in [-0.2, -0.15) is 5.21 Å². The number of methoxy groups -OCH3 is 1. The molecule has 0 bridgehead atoms. The van der Waals surface area contributed by atoms with Crippen LogP contribution in [0.3, 0.4) is 0 Å². The molecule has 6 heteroatoms. The molecule has 0 saturated carbocycles. The van der Waals surface area contributed by atoms with E-state index in [1.165, 1.54) is 11.3 Å². The minimum absolute atomic E-state index is 0.588. The molecule has 33 heavy (non-hydrogen) atoms. The number of ether oxygens (including phenoxy) is 1. The van der Waals surface area contributed by atoms with E-state index in [-0.39, 0.29) is 0 Å². The van der Waals surface area contributed by atoms with Gasteiger partial charge in [0.15, 0.2) is 0 Å². The van der Waals surface area contributed by atoms with Crippen LogP contribution < -0.4 is 0 Å². The van der Waals surface area contributed by atoms with Gasteiger partial charge in [0.05, 0.1) is 7.11 Å². The smallest absolute Gasteiger partial charge is 0.205 e. The average molecular weight is 440 g/mol. The van der Waals surface area contributed by atoms with Crippen LogP contribution in [0.5, 0.6) is 0 Å². The summed E-state index contributed by atoms with van der Waals surface area (Å²) in [5.41, 5.74) is 7.51. The minimum atomic E-state index is 0.588. The van der Waals surface area contributed by atoms with Crippen molar-refractivity contribution in [3.8, 4) is 22.5 Å². The maximum absolute atomic E-state index is 5.35. The molecule has 0 radical (unpaired) electrons. The van der Waals surface area contributed by atoms with Gasteiger partial charge in [0.2, 0.25) is 5.82 Å². The lowest BCUT2D eigenvalue weighted by molar-refractivity contribution is 0.302. The summed E-state index contributed by atoms with van der Waals surface area (Å²) < 4.78 is 5.35. The zero-order valence-electron chi connectivity index (χ0n) is 19.2. The van der Waals surface area contributed by atoms with Crippen molar-refractivity contribution in [3.63, 3.8) is 0 Å². The quantitative estimate of drug-likeness (QED) is 0.413. The van der Waals surface area contributed by atoms with Gasteiger partial charge in [-0.1, -0.05) is 75.0 Å². The van der Waals surface area contributed by atoms with Crippen molar-refractivity contribution in [2.75, 3.05) is 7.11 Å². The Hall–Kier alpha value is -3.93. The summed E-state index contributed by atoms with van der Waals surface area (Å²) in [4.78, 5) is 2.28. The Balaban J connectivity index is 1.57. The Morgan fingerprint density at radius 1 is 1.06 bits per heavy atom. The number of aromatic nitrogens is 4. The van der Waals surface area contributed by atoms with Gasteiger partial charge in [0.1, 0.15) is 5.76 Å². The fraction of sp³-hybridized carbons (Fsp3) is 0.222. The van der Waals surface area contributed by atoms with Crippen molar-refractivity contribution in [3.05, 3.63) is 102 Å². The summed E-state index contributed by atoms with van der Waals surface area (Å²) >= 11 is 0. The summed E-state index contributed by atoms with van der Waals surface area (Å²) in [6, 6.07) is 16.7. The normalized spacial score (nSPS) is 13.5. The molecule has 1 N–H and O–H groups in total. The highest BCUT2D eigenvalue weighted by atomic mass is 16.5. The van der Waals surface area contributed by atoms with Crippen LogP contribution in [-0.2, 0) is 11.3 Å². The fourth-order valence-electron chi connectivity index (χ4n) is 3.97. The Bertz CT molecular complexity index is 1190. The van der Waals surface area contributed by atoms with E-state index in [1.807, 2.05) is 24.3 Å². The van der Waals surface area contributed by atoms with Crippen molar-refractivity contribution >= 4 is 0 Å². The van der Waals surface area contributed by atoms with E-state index in [0.29, 0.717) is 11.6 Å². The van der Waals surface area contributed by atoms with Gasteiger partial charge < -0.3 is 9.64 Å². The molecule has 0 aliphatic carbocycles. The standard InChI is InChI=1S/C27H29N5O/c1-5-6-9-24-17-23(20(3)33-4)16-19(2)32(24)18-21-12-14-22(15-13-21)25-10-7-8-11-26(25)27-28-30-31-29-27/h7-8,10-17H,2-3,5-6,9,18H2,1,4H3,(H,28,29,30,31). The predicted octanol–water partition coefficient (Wildman–Crippen LogP) is 6.02. The number of aromatic amines is 1. The highest BCUT2D eigenvalue weighted by molar-refractivity contribution is 5.80. The Morgan fingerprint density at radius 3 is 2.48 bits per heavy atom. The van der Waals surface area contributed by atoms with E-state index in [0.717, 1.165) is 53.8 Å². The van der Waals surface area contributed by atoms with Crippen LogP contribution in [0.15, 0.2) is 96.6 Å². The first-order valence-corrected chi connectivity index (χ1v) is 11.1. The lowest BCUT2D eigenvalue weighted by atomic mass is 9.97. The molecule has 1 aromatic heterocycles. The minimum Gasteiger partial charge on any atom is -0.497 e. The summed E-state index contributed by atoms with van der Waals surface area (Å²) in [5.74, 6) is 1.25. The Morgan fingerprint density at radius 2 is 1.82 bits per heavy atom. The van der Waals surface area contributed by atoms with Crippen molar-refractivity contribution < 1.29 is 4.74 Å². The number of rotatable bonds is 9. The molecule has 0 amide bonds. The number of hydrogen-bond donors (Lipinski definition) is 1. The molecule has 4 rings (SSSR count). The molecule has 2 aromatic carbocycles. The third-order valence-corrected chi connectivity index (χ3v) is 5.81. The van der Waals surface area contributed by atoms with Crippen molar-refractivity contribution in [2.24, 2.45) is 0 Å². The van der Waals surface area contributed by atoms with Crippen LogP contribution in [0, 0.1) is 0 Å². The van der Waals surface area contributed by atoms with E-state index < -0.39 is 0 Å². The molecular formula is C27H29N5O. The molecule has 2 heterocycles. The molecule has 1 aliphatic heterocycles. The summed E-state index contributed by atoms with van der Waals surface area (Å²) in [6.45, 7) is 11.3. The molecule has 0 saturated heterocycles. The number of hydrogen-bond acceptors (Lipinski definition) is 5. The molecule has 1 aliphatic rings. The monoisotopic (exact) mass is 439 g/mol. The number of H-pyrrole nitrogens is 1. The summed E-state index contributed by atoms with van der Waals surface area (Å²) in [7, 11) is 1.65. The van der Waals surface area contributed by atoms with Crippen molar-refractivity contribution in [1.82, 2.24) is 25.5 Å². The molecule has 0 unspecified atom stereocenters. The van der Waals surface area contributed by atoms with Crippen LogP contribution in [-0.4, -0.2) is 32.6 Å². The summed E-state index contributed by atoms with van der Waals surface area (Å²) in [5, 5.41) is 14.5. The largest absolute Gasteiger partial charge is 0.497 e. The van der Waals surface area contributed by atoms with Gasteiger partial charge >= 0.3 is 0 Å². The molecule has 168 valence electrons. The number of unbranched alkanes of at least 4 members (excludes halogenated alkanes) is 1. The van der Waals surface area contributed by atoms with E-state index in [2.05, 4.69) is 82.0 Å². The van der Waals surface area contributed by atoms with Gasteiger partial charge in [-0.15, -0.1) is 10.2 Å². The van der Waals surface area contributed by atoms with Gasteiger partial charge in [-0.3, -0.25) is 0 Å². The summed E-state index contributed by atoms with van der Waals surface area (Å²) in [6.07, 6.45) is 7.45. The fourth-order valence-corrected chi connectivity index (χ4v) is 3.97. The lowest BCUT2D eigenvalue weighted by Crippen LogP contribution is -2.24. The van der Waals surface area contributed by atoms with Gasteiger partial charge in [-0.05, 0) is 46.9 Å². The molecule has 3 aromatic rings. The third-order valence-electron chi connectivity index (χ3n) is 5.81. The first-order chi connectivity index (χ1) is 16.1. The number of nitrogens with zero attached hydrogens (tertiary/aromatic N) is 4. The van der Waals surface area contributed by atoms with Crippen LogP contribution in [0.1, 0.15) is 31.7 Å². The van der Waals surface area contributed by atoms with E-state index in [9.17, 15) is 0 Å². The van der Waals surface area contributed by atoms with Crippen LogP contribution in [0.4, 0.5) is 0 Å². The van der Waals surface area contributed by atoms with Crippen LogP contribution in [0.25, 0.3) is 22.5 Å². The first kappa shape index (κ1) is 22.3. The second-order valence-electron chi connectivity index (χ2n) is 8.02. The Labute approximate surface area is 195 Å². The van der Waals surface area contributed by atoms with E-state index in [1.54, 1.807) is 7.11 Å². The maximum atomic E-state index is 5.35. The zero-order valence-corrected chi connectivity index (χ0v) is 19.2. The maximum Gasteiger partial charge on any atom is 0.205 e. The van der Waals surface area contributed by atoms with E-state index >= 15 is 0 Å². The zero-order chi connectivity index (χ0) is 23.2. The number of nitrogens with one attached hydrogen (secondary N) is 1. The average Bonchev–Trinajstić information content (AvgIpc) is 3.39. The van der Waals surface area contributed by atoms with Crippen LogP contribution in [0.2, 0.25) is 0 Å². The van der Waals surface area contributed by atoms with Gasteiger partial charge in [0, 0.05) is 29.1 Å². The molecule has 6 nitrogen and oxygen atoms in total. The molecular weight excluding hydrogens is 410 g/mol. The van der Waals surface area contributed by atoms with Crippen molar-refractivity contribution in [2.45, 2.75) is 32.7 Å². The predicted molar refractivity (Wildman–Crippen MR) is 132 cm³/mol. The number of tetrazole rings is 1. The SMILES string of the molecule is C=C(OC)C1=CC(=C)N(Cc2ccc(-c3ccccc3-c3nn[nH]n3)cc2)C(CCCC)=C1.